The van der Waals surface area contributed by atoms with Crippen LogP contribution < -0.4 is 0 Å². The summed E-state index contributed by atoms with van der Waals surface area (Å²) in [7, 11) is -1.06. The molecule has 0 aromatic rings. The summed E-state index contributed by atoms with van der Waals surface area (Å²) >= 11 is 4.52. The van der Waals surface area contributed by atoms with Crippen LogP contribution in [0.15, 0.2) is 12.2 Å². The van der Waals surface area contributed by atoms with Crippen LogP contribution in [0.1, 0.15) is 26.2 Å². The summed E-state index contributed by atoms with van der Waals surface area (Å²) < 4.78 is 0.588. The van der Waals surface area contributed by atoms with Crippen LogP contribution in [0.25, 0.3) is 0 Å². The van der Waals surface area contributed by atoms with E-state index in [0.717, 1.165) is 0 Å². The molecule has 3 heteroatoms. The summed E-state index contributed by atoms with van der Waals surface area (Å²) in [5, 5.41) is 0. The molecule has 0 N–H and O–H groups in total. The molecule has 1 fully saturated rings. The molecule has 0 radical (unpaired) electrons. The normalized spacial score (nSPS) is 22.1. The first-order valence-corrected chi connectivity index (χ1v) is 11.4. The van der Waals surface area contributed by atoms with Gasteiger partial charge in [0, 0.05) is 0 Å². The van der Waals surface area contributed by atoms with E-state index in [0.29, 0.717) is 3.70 Å². The average molecular weight is 261 g/mol. The van der Waals surface area contributed by atoms with Crippen molar-refractivity contribution in [2.45, 2.75) is 49.5 Å². The van der Waals surface area contributed by atoms with Crippen LogP contribution in [0.4, 0.5) is 0 Å². The maximum absolute atomic E-state index is 2.54. The van der Waals surface area contributed by atoms with Crippen molar-refractivity contribution in [2.24, 2.45) is 0 Å². The van der Waals surface area contributed by atoms with Gasteiger partial charge in [0.2, 0.25) is 0 Å². The second-order valence-corrected chi connectivity index (χ2v) is 14.3. The molecule has 0 saturated carbocycles. The number of hydrogen-bond donors (Lipinski definition) is 0. The fraction of sp³-hybridized carbons (Fsp3) is 0.833. The van der Waals surface area contributed by atoms with Gasteiger partial charge in [-0.1, -0.05) is 31.8 Å². The highest BCUT2D eigenvalue weighted by Gasteiger charge is 2.44. The molecule has 0 aliphatic carbocycles. The summed E-state index contributed by atoms with van der Waals surface area (Å²) in [6.07, 6.45) is 8.57. The van der Waals surface area contributed by atoms with Crippen molar-refractivity contribution in [3.63, 3.8) is 0 Å². The van der Waals surface area contributed by atoms with E-state index in [1.54, 1.807) is 0 Å². The molecule has 1 heterocycles. The highest BCUT2D eigenvalue weighted by atomic mass is 32.2. The lowest BCUT2D eigenvalue weighted by Gasteiger charge is -2.45. The van der Waals surface area contributed by atoms with Crippen molar-refractivity contribution in [3.8, 4) is 0 Å². The molecule has 1 rings (SSSR count). The zero-order valence-electron chi connectivity index (χ0n) is 10.5. The Morgan fingerprint density at radius 3 is 2.27 bits per heavy atom. The molecule has 1 saturated heterocycles. The highest BCUT2D eigenvalue weighted by Crippen LogP contribution is 2.51. The lowest BCUT2D eigenvalue weighted by Crippen LogP contribution is -2.48. The van der Waals surface area contributed by atoms with Gasteiger partial charge in [-0.3, -0.25) is 0 Å². The minimum Gasteiger partial charge on any atom is -0.148 e. The van der Waals surface area contributed by atoms with Crippen LogP contribution in [0.5, 0.6) is 0 Å². The second-order valence-electron chi connectivity index (χ2n) is 5.16. The Morgan fingerprint density at radius 1 is 1.20 bits per heavy atom. The molecule has 1 aliphatic heterocycles. The van der Waals surface area contributed by atoms with Crippen molar-refractivity contribution in [2.75, 3.05) is 11.5 Å². The van der Waals surface area contributed by atoms with E-state index in [9.17, 15) is 0 Å². The summed E-state index contributed by atoms with van der Waals surface area (Å²) in [5.74, 6) is 2.76. The van der Waals surface area contributed by atoms with Crippen molar-refractivity contribution >= 4 is 31.6 Å². The lowest BCUT2D eigenvalue weighted by molar-refractivity contribution is 0.855. The minimum absolute atomic E-state index is 0.588. The summed E-state index contributed by atoms with van der Waals surface area (Å²) in [5.41, 5.74) is 0. The zero-order valence-corrected chi connectivity index (χ0v) is 13.1. The monoisotopic (exact) mass is 260 g/mol. The SMILES string of the molecule is C/C=C/CCC1([Si](C)(C)C)SCCCS1. The second kappa shape index (κ2) is 5.83. The highest BCUT2D eigenvalue weighted by molar-refractivity contribution is 8.21. The molecule has 0 bridgehead atoms. The van der Waals surface area contributed by atoms with Gasteiger partial charge in [0.25, 0.3) is 0 Å². The van der Waals surface area contributed by atoms with Gasteiger partial charge in [0.1, 0.15) is 0 Å². The van der Waals surface area contributed by atoms with Gasteiger partial charge in [-0.05, 0) is 37.7 Å². The third kappa shape index (κ3) is 3.57. The number of hydrogen-bond acceptors (Lipinski definition) is 2. The van der Waals surface area contributed by atoms with Gasteiger partial charge in [-0.15, -0.1) is 23.5 Å². The fourth-order valence-electron chi connectivity index (χ4n) is 1.97. The quantitative estimate of drug-likeness (QED) is 0.527. The molecule has 88 valence electrons. The van der Waals surface area contributed by atoms with E-state index < -0.39 is 8.07 Å². The Bertz CT molecular complexity index is 212. The predicted molar refractivity (Wildman–Crippen MR) is 79.7 cm³/mol. The summed E-state index contributed by atoms with van der Waals surface area (Å²) in [6.45, 7) is 9.73. The van der Waals surface area contributed by atoms with Crippen LogP contribution in [-0.4, -0.2) is 23.3 Å². The Kier molecular flexibility index (Phi) is 5.33. The van der Waals surface area contributed by atoms with Gasteiger partial charge >= 0.3 is 0 Å². The van der Waals surface area contributed by atoms with Crippen LogP contribution >= 0.6 is 23.5 Å². The molecule has 0 nitrogen and oxygen atoms in total. The van der Waals surface area contributed by atoms with Crippen LogP contribution in [0.2, 0.25) is 19.6 Å². The van der Waals surface area contributed by atoms with Crippen molar-refractivity contribution in [1.29, 1.82) is 0 Å². The Labute approximate surface area is 105 Å². The lowest BCUT2D eigenvalue weighted by atomic mass is 10.3. The Morgan fingerprint density at radius 2 is 1.80 bits per heavy atom. The maximum Gasteiger partial charge on any atom is 0.0752 e. The van der Waals surface area contributed by atoms with Gasteiger partial charge in [0.15, 0.2) is 0 Å². The fourth-order valence-corrected chi connectivity index (χ4v) is 9.72. The molecule has 0 amide bonds. The maximum atomic E-state index is 2.54. The smallest absolute Gasteiger partial charge is 0.0752 e. The molecule has 0 aromatic heterocycles. The van der Waals surface area contributed by atoms with E-state index in [1.807, 2.05) is 0 Å². The van der Waals surface area contributed by atoms with Crippen molar-refractivity contribution in [1.82, 2.24) is 0 Å². The Hall–Kier alpha value is 0.657. The number of rotatable bonds is 4. The summed E-state index contributed by atoms with van der Waals surface area (Å²) in [4.78, 5) is 0. The first-order chi connectivity index (χ1) is 7.02. The average Bonchev–Trinajstić information content (AvgIpc) is 2.18. The zero-order chi connectivity index (χ0) is 11.4. The number of thioether (sulfide) groups is 2. The number of allylic oxidation sites excluding steroid dienone is 2. The van der Waals surface area contributed by atoms with Crippen molar-refractivity contribution < 1.29 is 0 Å². The molecular formula is C12H24S2Si. The molecular weight excluding hydrogens is 236 g/mol. The van der Waals surface area contributed by atoms with Crippen LogP contribution in [-0.2, 0) is 0 Å². The topological polar surface area (TPSA) is 0 Å². The summed E-state index contributed by atoms with van der Waals surface area (Å²) in [6, 6.07) is 0. The van der Waals surface area contributed by atoms with E-state index in [-0.39, 0.29) is 0 Å². The van der Waals surface area contributed by atoms with Gasteiger partial charge in [0.05, 0.1) is 11.8 Å². The van der Waals surface area contributed by atoms with E-state index >= 15 is 0 Å². The minimum atomic E-state index is -1.06. The molecule has 0 aromatic carbocycles. The third-order valence-electron chi connectivity index (χ3n) is 2.98. The third-order valence-corrected chi connectivity index (χ3v) is 13.1. The Balaban J connectivity index is 2.67. The van der Waals surface area contributed by atoms with Crippen LogP contribution in [0.3, 0.4) is 0 Å². The predicted octanol–water partition coefficient (Wildman–Crippen LogP) is 4.79. The van der Waals surface area contributed by atoms with Gasteiger partial charge < -0.3 is 0 Å². The molecule has 0 unspecified atom stereocenters. The van der Waals surface area contributed by atoms with E-state index in [4.69, 9.17) is 0 Å². The van der Waals surface area contributed by atoms with Gasteiger partial charge in [-0.25, -0.2) is 0 Å². The van der Waals surface area contributed by atoms with Gasteiger partial charge in [-0.2, -0.15) is 0 Å². The first-order valence-electron chi connectivity index (χ1n) is 5.91. The van der Waals surface area contributed by atoms with E-state index in [2.05, 4.69) is 62.2 Å². The van der Waals surface area contributed by atoms with Crippen molar-refractivity contribution in [3.05, 3.63) is 12.2 Å². The molecule has 0 atom stereocenters. The molecule has 15 heavy (non-hydrogen) atoms. The molecule has 0 spiro atoms. The van der Waals surface area contributed by atoms with Crippen LogP contribution in [0, 0.1) is 0 Å². The standard InChI is InChI=1S/C12H24S2Si/c1-5-6-7-9-12(15(2,3)4)13-10-8-11-14-12/h5-6H,7-11H2,1-4H3/b6-5+. The molecule has 1 aliphatic rings. The van der Waals surface area contributed by atoms with E-state index in [1.165, 1.54) is 30.8 Å². The largest absolute Gasteiger partial charge is 0.148 e. The first kappa shape index (κ1) is 13.7.